The Kier molecular flexibility index (Phi) is 5.38. The average molecular weight is 242 g/mol. The van der Waals surface area contributed by atoms with Crippen LogP contribution >= 0.6 is 11.3 Å². The van der Waals surface area contributed by atoms with Crippen LogP contribution in [0, 0.1) is 0 Å². The van der Waals surface area contributed by atoms with E-state index < -0.39 is 0 Å². The van der Waals surface area contributed by atoms with Crippen LogP contribution in [0.2, 0.25) is 0 Å². The van der Waals surface area contributed by atoms with Gasteiger partial charge < -0.3 is 10.1 Å². The SMILES string of the molecule is CCCNCc1nc(COC(C)(C)C)cs1. The Morgan fingerprint density at radius 2 is 2.19 bits per heavy atom. The Labute approximate surface area is 102 Å². The van der Waals surface area contributed by atoms with E-state index in [0.29, 0.717) is 6.61 Å². The summed E-state index contributed by atoms with van der Waals surface area (Å²) in [4.78, 5) is 4.52. The monoisotopic (exact) mass is 242 g/mol. The highest BCUT2D eigenvalue weighted by Crippen LogP contribution is 2.14. The van der Waals surface area contributed by atoms with Gasteiger partial charge in [-0.2, -0.15) is 0 Å². The van der Waals surface area contributed by atoms with Gasteiger partial charge in [-0.05, 0) is 33.7 Å². The van der Waals surface area contributed by atoms with Gasteiger partial charge in [0.2, 0.25) is 0 Å². The van der Waals surface area contributed by atoms with Gasteiger partial charge in [0, 0.05) is 11.9 Å². The van der Waals surface area contributed by atoms with Crippen LogP contribution < -0.4 is 5.32 Å². The smallest absolute Gasteiger partial charge is 0.107 e. The van der Waals surface area contributed by atoms with Crippen molar-refractivity contribution >= 4 is 11.3 Å². The molecule has 0 fully saturated rings. The van der Waals surface area contributed by atoms with Crippen LogP contribution in [-0.2, 0) is 17.9 Å². The second kappa shape index (κ2) is 6.33. The third-order valence-electron chi connectivity index (χ3n) is 1.96. The van der Waals surface area contributed by atoms with Crippen LogP contribution in [0.5, 0.6) is 0 Å². The number of nitrogens with zero attached hydrogens (tertiary/aromatic N) is 1. The first kappa shape index (κ1) is 13.6. The summed E-state index contributed by atoms with van der Waals surface area (Å²) < 4.78 is 5.68. The number of ether oxygens (including phenoxy) is 1. The van der Waals surface area contributed by atoms with Crippen molar-refractivity contribution in [2.24, 2.45) is 0 Å². The van der Waals surface area contributed by atoms with E-state index in [0.717, 1.165) is 30.2 Å². The molecule has 16 heavy (non-hydrogen) atoms. The molecule has 1 N–H and O–H groups in total. The summed E-state index contributed by atoms with van der Waals surface area (Å²) in [6, 6.07) is 0. The van der Waals surface area contributed by atoms with Gasteiger partial charge in [-0.3, -0.25) is 0 Å². The molecule has 1 aromatic heterocycles. The second-order valence-electron chi connectivity index (χ2n) is 4.81. The van der Waals surface area contributed by atoms with E-state index in [1.807, 2.05) is 0 Å². The first-order valence-corrected chi connectivity index (χ1v) is 6.67. The molecule has 3 nitrogen and oxygen atoms in total. The summed E-state index contributed by atoms with van der Waals surface area (Å²) in [5.41, 5.74) is 0.942. The number of nitrogens with one attached hydrogen (secondary N) is 1. The van der Waals surface area contributed by atoms with Gasteiger partial charge in [0.15, 0.2) is 0 Å². The van der Waals surface area contributed by atoms with Gasteiger partial charge in [-0.15, -0.1) is 11.3 Å². The number of aromatic nitrogens is 1. The van der Waals surface area contributed by atoms with E-state index in [2.05, 4.69) is 43.4 Å². The van der Waals surface area contributed by atoms with Crippen LogP contribution in [0.3, 0.4) is 0 Å². The first-order chi connectivity index (χ1) is 7.51. The van der Waals surface area contributed by atoms with Gasteiger partial charge in [-0.25, -0.2) is 4.98 Å². The minimum Gasteiger partial charge on any atom is -0.370 e. The van der Waals surface area contributed by atoms with Crippen molar-refractivity contribution < 1.29 is 4.74 Å². The fourth-order valence-electron chi connectivity index (χ4n) is 1.16. The van der Waals surface area contributed by atoms with Gasteiger partial charge in [0.05, 0.1) is 17.9 Å². The van der Waals surface area contributed by atoms with Crippen molar-refractivity contribution in [1.82, 2.24) is 10.3 Å². The summed E-state index contributed by atoms with van der Waals surface area (Å²) in [6.45, 7) is 10.9. The highest BCUT2D eigenvalue weighted by molar-refractivity contribution is 7.09. The summed E-state index contributed by atoms with van der Waals surface area (Å²) >= 11 is 1.70. The van der Waals surface area contributed by atoms with Gasteiger partial charge >= 0.3 is 0 Å². The largest absolute Gasteiger partial charge is 0.370 e. The molecule has 0 bridgehead atoms. The number of thiazole rings is 1. The number of hydrogen-bond acceptors (Lipinski definition) is 4. The molecule has 0 atom stereocenters. The summed E-state index contributed by atoms with van der Waals surface area (Å²) in [5.74, 6) is 0. The van der Waals surface area contributed by atoms with E-state index in [4.69, 9.17) is 4.74 Å². The van der Waals surface area contributed by atoms with Crippen LogP contribution in [-0.4, -0.2) is 17.1 Å². The van der Waals surface area contributed by atoms with Crippen molar-refractivity contribution in [1.29, 1.82) is 0 Å². The molecule has 0 unspecified atom stereocenters. The Bertz CT molecular complexity index is 304. The Balaban J connectivity index is 2.33. The van der Waals surface area contributed by atoms with E-state index in [1.54, 1.807) is 11.3 Å². The molecule has 0 aliphatic rings. The Hall–Kier alpha value is -0.450. The molecular weight excluding hydrogens is 220 g/mol. The van der Waals surface area contributed by atoms with Gasteiger partial charge in [0.25, 0.3) is 0 Å². The summed E-state index contributed by atoms with van der Waals surface area (Å²) in [6.07, 6.45) is 1.16. The molecule has 0 aromatic carbocycles. The molecular formula is C12H22N2OS. The van der Waals surface area contributed by atoms with E-state index >= 15 is 0 Å². The Morgan fingerprint density at radius 1 is 1.44 bits per heavy atom. The number of rotatable bonds is 6. The second-order valence-corrected chi connectivity index (χ2v) is 5.75. The predicted molar refractivity (Wildman–Crippen MR) is 68.7 cm³/mol. The minimum atomic E-state index is -0.0930. The topological polar surface area (TPSA) is 34.2 Å². The number of hydrogen-bond donors (Lipinski definition) is 1. The zero-order valence-electron chi connectivity index (χ0n) is 10.7. The van der Waals surface area contributed by atoms with Crippen LogP contribution in [0.4, 0.5) is 0 Å². The maximum absolute atomic E-state index is 5.68. The van der Waals surface area contributed by atoms with E-state index in [-0.39, 0.29) is 5.60 Å². The molecule has 92 valence electrons. The fraction of sp³-hybridized carbons (Fsp3) is 0.750. The normalized spacial score (nSPS) is 12.0. The molecule has 0 saturated carbocycles. The average Bonchev–Trinajstić information content (AvgIpc) is 2.62. The van der Waals surface area contributed by atoms with Crippen molar-refractivity contribution in [3.63, 3.8) is 0 Å². The zero-order valence-corrected chi connectivity index (χ0v) is 11.5. The summed E-state index contributed by atoms with van der Waals surface area (Å²) in [7, 11) is 0. The predicted octanol–water partition coefficient (Wildman–Crippen LogP) is 2.96. The lowest BCUT2D eigenvalue weighted by Gasteiger charge is -2.18. The maximum Gasteiger partial charge on any atom is 0.107 e. The summed E-state index contributed by atoms with van der Waals surface area (Å²) in [5, 5.41) is 6.56. The Morgan fingerprint density at radius 3 is 2.81 bits per heavy atom. The molecule has 4 heteroatoms. The van der Waals surface area contributed by atoms with Crippen molar-refractivity contribution in [2.45, 2.75) is 52.9 Å². The molecule has 1 rings (SSSR count). The van der Waals surface area contributed by atoms with Crippen LogP contribution in [0.1, 0.15) is 44.8 Å². The van der Waals surface area contributed by atoms with Gasteiger partial charge in [-0.1, -0.05) is 6.92 Å². The quantitative estimate of drug-likeness (QED) is 0.779. The highest BCUT2D eigenvalue weighted by Gasteiger charge is 2.11. The van der Waals surface area contributed by atoms with E-state index in [1.165, 1.54) is 0 Å². The molecule has 0 saturated heterocycles. The lowest BCUT2D eigenvalue weighted by Crippen LogP contribution is -2.19. The minimum absolute atomic E-state index is 0.0930. The lowest BCUT2D eigenvalue weighted by molar-refractivity contribution is -0.0163. The molecule has 0 amide bonds. The molecule has 0 aliphatic carbocycles. The van der Waals surface area contributed by atoms with Crippen molar-refractivity contribution in [3.8, 4) is 0 Å². The first-order valence-electron chi connectivity index (χ1n) is 5.79. The van der Waals surface area contributed by atoms with E-state index in [9.17, 15) is 0 Å². The maximum atomic E-state index is 5.68. The molecule has 0 aliphatic heterocycles. The molecule has 1 heterocycles. The molecule has 0 spiro atoms. The standard InChI is InChI=1S/C12H22N2OS/c1-5-6-13-7-11-14-10(9-16-11)8-15-12(2,3)4/h9,13H,5-8H2,1-4H3. The molecule has 0 radical (unpaired) electrons. The fourth-order valence-corrected chi connectivity index (χ4v) is 1.91. The lowest BCUT2D eigenvalue weighted by atomic mass is 10.2. The zero-order chi connectivity index (χ0) is 12.0. The van der Waals surface area contributed by atoms with Crippen LogP contribution in [0.15, 0.2) is 5.38 Å². The van der Waals surface area contributed by atoms with Crippen molar-refractivity contribution in [3.05, 3.63) is 16.1 Å². The third-order valence-corrected chi connectivity index (χ3v) is 2.85. The van der Waals surface area contributed by atoms with Crippen LogP contribution in [0.25, 0.3) is 0 Å². The molecule has 1 aromatic rings. The third kappa shape index (κ3) is 5.58. The highest BCUT2D eigenvalue weighted by atomic mass is 32.1. The van der Waals surface area contributed by atoms with Gasteiger partial charge in [0.1, 0.15) is 5.01 Å². The van der Waals surface area contributed by atoms with Crippen molar-refractivity contribution in [2.75, 3.05) is 6.54 Å².